The van der Waals surface area contributed by atoms with E-state index in [2.05, 4.69) is 35.1 Å². The summed E-state index contributed by atoms with van der Waals surface area (Å²) in [5, 5.41) is 1.46. The molecule has 0 unspecified atom stereocenters. The van der Waals surface area contributed by atoms with Crippen LogP contribution >= 0.6 is 23.4 Å². The van der Waals surface area contributed by atoms with Crippen LogP contribution in [0.3, 0.4) is 0 Å². The Hall–Kier alpha value is -1.06. The van der Waals surface area contributed by atoms with Gasteiger partial charge in [0.05, 0.1) is 0 Å². The molecule has 1 heterocycles. The normalized spacial score (nSPS) is 10.6. The minimum atomic E-state index is 0.535. The summed E-state index contributed by atoms with van der Waals surface area (Å²) in [6, 6.07) is 8.33. The number of benzene rings is 1. The average Bonchev–Trinajstić information content (AvgIpc) is 2.25. The maximum absolute atomic E-state index is 6.05. The van der Waals surface area contributed by atoms with Crippen molar-refractivity contribution in [2.24, 2.45) is 0 Å². The predicted molar refractivity (Wildman–Crippen MR) is 71.8 cm³/mol. The van der Waals surface area contributed by atoms with Crippen molar-refractivity contribution >= 4 is 23.4 Å². The fraction of sp³-hybridized carbons (Fsp3) is 0.231. The fourth-order valence-corrected chi connectivity index (χ4v) is 2.77. The van der Waals surface area contributed by atoms with Crippen molar-refractivity contribution in [3.8, 4) is 0 Å². The molecule has 88 valence electrons. The number of hydrogen-bond donors (Lipinski definition) is 0. The summed E-state index contributed by atoms with van der Waals surface area (Å²) in [5.74, 6) is 0.704. The molecular weight excluding hydrogens is 252 g/mol. The van der Waals surface area contributed by atoms with Crippen LogP contribution in [0.15, 0.2) is 34.2 Å². The van der Waals surface area contributed by atoms with Crippen LogP contribution in [0.4, 0.5) is 0 Å². The van der Waals surface area contributed by atoms with Crippen LogP contribution in [0.1, 0.15) is 17.0 Å². The average molecular weight is 265 g/mol. The van der Waals surface area contributed by atoms with Gasteiger partial charge >= 0.3 is 0 Å². The Morgan fingerprint density at radius 1 is 1.12 bits per heavy atom. The van der Waals surface area contributed by atoms with Gasteiger partial charge in [-0.05, 0) is 32.9 Å². The second-order valence-corrected chi connectivity index (χ2v) is 5.33. The van der Waals surface area contributed by atoms with E-state index in [9.17, 15) is 0 Å². The van der Waals surface area contributed by atoms with Gasteiger partial charge in [-0.2, -0.15) is 0 Å². The number of aryl methyl sites for hydroxylation is 2. The lowest BCUT2D eigenvalue weighted by Gasteiger charge is -2.07. The van der Waals surface area contributed by atoms with E-state index in [0.29, 0.717) is 11.0 Å². The number of halogens is 1. The van der Waals surface area contributed by atoms with Gasteiger partial charge < -0.3 is 0 Å². The van der Waals surface area contributed by atoms with Crippen LogP contribution in [0.25, 0.3) is 0 Å². The summed E-state index contributed by atoms with van der Waals surface area (Å²) in [5.41, 5.74) is 2.17. The lowest BCUT2D eigenvalue weighted by Crippen LogP contribution is -1.95. The van der Waals surface area contributed by atoms with Gasteiger partial charge in [-0.1, -0.05) is 41.1 Å². The van der Waals surface area contributed by atoms with E-state index < -0.39 is 0 Å². The molecule has 0 aliphatic heterocycles. The molecule has 0 fully saturated rings. The quantitative estimate of drug-likeness (QED) is 0.760. The highest BCUT2D eigenvalue weighted by Gasteiger charge is 2.08. The van der Waals surface area contributed by atoms with Gasteiger partial charge in [-0.15, -0.1) is 0 Å². The predicted octanol–water partition coefficient (Wildman–Crippen LogP) is 4.21. The van der Waals surface area contributed by atoms with Gasteiger partial charge in [-0.3, -0.25) is 0 Å². The lowest BCUT2D eigenvalue weighted by atomic mass is 10.2. The molecule has 2 aromatic rings. The molecule has 1 aromatic heterocycles. The first kappa shape index (κ1) is 12.4. The van der Waals surface area contributed by atoms with Gasteiger partial charge in [0.15, 0.2) is 0 Å². The fourth-order valence-electron chi connectivity index (χ4n) is 1.46. The Balaban J connectivity index is 2.36. The SMILES string of the molecule is Cc1cccc(Sc2nc(C)nc(Cl)c2C)c1. The molecule has 2 nitrogen and oxygen atoms in total. The molecule has 0 spiro atoms. The first-order chi connectivity index (χ1) is 8.06. The highest BCUT2D eigenvalue weighted by atomic mass is 35.5. The van der Waals surface area contributed by atoms with Crippen LogP contribution < -0.4 is 0 Å². The van der Waals surface area contributed by atoms with E-state index in [1.165, 1.54) is 10.5 Å². The maximum atomic E-state index is 6.05. The third kappa shape index (κ3) is 2.99. The van der Waals surface area contributed by atoms with Gasteiger partial charge in [0.25, 0.3) is 0 Å². The van der Waals surface area contributed by atoms with Crippen LogP contribution in [-0.4, -0.2) is 9.97 Å². The topological polar surface area (TPSA) is 25.8 Å². The van der Waals surface area contributed by atoms with Crippen molar-refractivity contribution in [1.29, 1.82) is 0 Å². The minimum Gasteiger partial charge on any atom is -0.226 e. The number of nitrogens with zero attached hydrogens (tertiary/aromatic N) is 2. The first-order valence-corrected chi connectivity index (χ1v) is 6.51. The number of rotatable bonds is 2. The van der Waals surface area contributed by atoms with Crippen molar-refractivity contribution in [1.82, 2.24) is 9.97 Å². The summed E-state index contributed by atoms with van der Waals surface area (Å²) in [7, 11) is 0. The third-order valence-corrected chi connectivity index (χ3v) is 3.81. The standard InChI is InChI=1S/C13H13ClN2S/c1-8-5-4-6-11(7-8)17-13-9(2)12(14)15-10(3)16-13/h4-7H,1-3H3. The second-order valence-electron chi connectivity index (χ2n) is 3.91. The van der Waals surface area contributed by atoms with Crippen LogP contribution in [0.5, 0.6) is 0 Å². The molecule has 0 atom stereocenters. The minimum absolute atomic E-state index is 0.535. The molecule has 17 heavy (non-hydrogen) atoms. The molecule has 2 rings (SSSR count). The Labute approximate surface area is 110 Å². The van der Waals surface area contributed by atoms with Crippen molar-refractivity contribution in [3.63, 3.8) is 0 Å². The van der Waals surface area contributed by atoms with Crippen molar-refractivity contribution < 1.29 is 0 Å². The lowest BCUT2D eigenvalue weighted by molar-refractivity contribution is 0.938. The molecule has 0 aliphatic carbocycles. The molecular formula is C13H13ClN2S. The molecule has 0 aliphatic rings. The molecule has 0 amide bonds. The zero-order chi connectivity index (χ0) is 12.4. The van der Waals surface area contributed by atoms with Gasteiger partial charge in [0.1, 0.15) is 16.0 Å². The summed E-state index contributed by atoms with van der Waals surface area (Å²) in [4.78, 5) is 9.73. The zero-order valence-electron chi connectivity index (χ0n) is 9.99. The van der Waals surface area contributed by atoms with E-state index in [4.69, 9.17) is 11.6 Å². The Kier molecular flexibility index (Phi) is 3.69. The molecule has 0 bridgehead atoms. The Bertz CT molecular complexity index is 555. The van der Waals surface area contributed by atoms with E-state index in [-0.39, 0.29) is 0 Å². The molecule has 0 saturated carbocycles. The van der Waals surface area contributed by atoms with Crippen molar-refractivity contribution in [2.45, 2.75) is 30.7 Å². The summed E-state index contributed by atoms with van der Waals surface area (Å²) in [6.07, 6.45) is 0. The smallest absolute Gasteiger partial charge is 0.136 e. The van der Waals surface area contributed by atoms with Gasteiger partial charge in [-0.25, -0.2) is 9.97 Å². The Morgan fingerprint density at radius 2 is 1.88 bits per heavy atom. The highest BCUT2D eigenvalue weighted by molar-refractivity contribution is 7.99. The highest BCUT2D eigenvalue weighted by Crippen LogP contribution is 2.31. The molecule has 0 saturated heterocycles. The summed E-state index contributed by atoms with van der Waals surface area (Å²) < 4.78 is 0. The number of aromatic nitrogens is 2. The van der Waals surface area contributed by atoms with E-state index in [1.807, 2.05) is 19.9 Å². The molecule has 1 aromatic carbocycles. The van der Waals surface area contributed by atoms with Gasteiger partial charge in [0, 0.05) is 10.5 Å². The number of hydrogen-bond acceptors (Lipinski definition) is 3. The zero-order valence-corrected chi connectivity index (χ0v) is 11.6. The van der Waals surface area contributed by atoms with Crippen molar-refractivity contribution in [3.05, 3.63) is 46.4 Å². The van der Waals surface area contributed by atoms with Crippen molar-refractivity contribution in [2.75, 3.05) is 0 Å². The van der Waals surface area contributed by atoms with E-state index in [1.54, 1.807) is 11.8 Å². The largest absolute Gasteiger partial charge is 0.226 e. The van der Waals surface area contributed by atoms with Gasteiger partial charge in [0.2, 0.25) is 0 Å². The summed E-state index contributed by atoms with van der Waals surface area (Å²) >= 11 is 7.67. The molecule has 0 radical (unpaired) electrons. The molecule has 0 N–H and O–H groups in total. The van der Waals surface area contributed by atoms with Crippen LogP contribution in [0, 0.1) is 20.8 Å². The van der Waals surface area contributed by atoms with E-state index >= 15 is 0 Å². The molecule has 4 heteroatoms. The van der Waals surface area contributed by atoms with Crippen LogP contribution in [0.2, 0.25) is 5.15 Å². The van der Waals surface area contributed by atoms with E-state index in [0.717, 1.165) is 10.6 Å². The maximum Gasteiger partial charge on any atom is 0.136 e. The first-order valence-electron chi connectivity index (χ1n) is 5.31. The Morgan fingerprint density at radius 3 is 2.59 bits per heavy atom. The van der Waals surface area contributed by atoms with Crippen LogP contribution in [-0.2, 0) is 0 Å². The third-order valence-electron chi connectivity index (χ3n) is 2.36. The summed E-state index contributed by atoms with van der Waals surface area (Å²) in [6.45, 7) is 5.88. The monoisotopic (exact) mass is 264 g/mol. The second kappa shape index (κ2) is 5.07.